The third-order valence-electron chi connectivity index (χ3n) is 3.51. The quantitative estimate of drug-likeness (QED) is 0.593. The Labute approximate surface area is 138 Å². The van der Waals surface area contributed by atoms with Gasteiger partial charge in [-0.15, -0.1) is 0 Å². The average Bonchev–Trinajstić information content (AvgIpc) is 2.94. The maximum Gasteiger partial charge on any atom is 0.322 e. The van der Waals surface area contributed by atoms with E-state index in [4.69, 9.17) is 5.11 Å². The minimum Gasteiger partial charge on any atom is -0.480 e. The molecule has 3 amide bonds. The van der Waals surface area contributed by atoms with Crippen LogP contribution in [0.5, 0.6) is 0 Å². The van der Waals surface area contributed by atoms with E-state index in [0.29, 0.717) is 25.2 Å². The molecule has 1 aromatic carbocycles. The third kappa shape index (κ3) is 5.84. The fourth-order valence-electron chi connectivity index (χ4n) is 2.41. The Kier molecular flexibility index (Phi) is 6.07. The number of nitrogens with zero attached hydrogens (tertiary/aromatic N) is 1. The first-order valence-corrected chi connectivity index (χ1v) is 7.46. The number of hydrogen-bond donors (Lipinski definition) is 4. The predicted molar refractivity (Wildman–Crippen MR) is 84.0 cm³/mol. The van der Waals surface area contributed by atoms with Crippen molar-refractivity contribution < 1.29 is 23.9 Å². The molecule has 1 aliphatic heterocycles. The summed E-state index contributed by atoms with van der Waals surface area (Å²) in [5.41, 5.74) is 0.483. The molecule has 0 aliphatic carbocycles. The zero-order valence-corrected chi connectivity index (χ0v) is 12.9. The Morgan fingerprint density at radius 1 is 1.25 bits per heavy atom. The first kappa shape index (κ1) is 17.7. The van der Waals surface area contributed by atoms with E-state index in [1.165, 1.54) is 24.3 Å². The first-order chi connectivity index (χ1) is 11.4. The molecule has 1 atom stereocenters. The summed E-state index contributed by atoms with van der Waals surface area (Å²) in [6.07, 6.45) is 0.684. The second-order valence-electron chi connectivity index (χ2n) is 5.50. The minimum atomic E-state index is -1.10. The number of anilines is 1. The highest BCUT2D eigenvalue weighted by Crippen LogP contribution is 2.10. The smallest absolute Gasteiger partial charge is 0.322 e. The normalized spacial score (nSPS) is 17.3. The number of carbonyl (C=O) groups is 3. The molecule has 0 bridgehead atoms. The van der Waals surface area contributed by atoms with Crippen LogP contribution in [0.3, 0.4) is 0 Å². The Morgan fingerprint density at radius 3 is 2.62 bits per heavy atom. The number of hydrogen-bond acceptors (Lipinski definition) is 4. The number of nitrogens with one attached hydrogen (secondary N) is 3. The van der Waals surface area contributed by atoms with Gasteiger partial charge in [0, 0.05) is 24.8 Å². The van der Waals surface area contributed by atoms with Gasteiger partial charge in [-0.2, -0.15) is 0 Å². The second-order valence-corrected chi connectivity index (χ2v) is 5.50. The third-order valence-corrected chi connectivity index (χ3v) is 3.51. The molecule has 1 unspecified atom stereocenters. The molecule has 24 heavy (non-hydrogen) atoms. The van der Waals surface area contributed by atoms with Gasteiger partial charge in [0.2, 0.25) is 5.91 Å². The van der Waals surface area contributed by atoms with Crippen LogP contribution in [0.25, 0.3) is 0 Å². The summed E-state index contributed by atoms with van der Waals surface area (Å²) in [5.74, 6) is -1.84. The van der Waals surface area contributed by atoms with Gasteiger partial charge in [-0.3, -0.25) is 14.5 Å². The Morgan fingerprint density at radius 2 is 1.96 bits per heavy atom. The summed E-state index contributed by atoms with van der Waals surface area (Å²) in [6, 6.07) is 4.91. The van der Waals surface area contributed by atoms with Gasteiger partial charge in [0.25, 0.3) is 0 Å². The van der Waals surface area contributed by atoms with Crippen molar-refractivity contribution in [1.29, 1.82) is 0 Å². The largest absolute Gasteiger partial charge is 0.480 e. The van der Waals surface area contributed by atoms with Crippen molar-refractivity contribution >= 4 is 23.6 Å². The Hall–Kier alpha value is -2.68. The van der Waals surface area contributed by atoms with Crippen LogP contribution in [0.15, 0.2) is 24.3 Å². The standard InChI is InChI=1S/C15H19FN4O4/c16-10-1-3-11(4-2-10)18-15(24)19-12-5-6-20(8-12)9-13(21)17-7-14(22)23/h1-4,12H,5-9H2,(H,17,21)(H,22,23)(H2,18,19,24). The minimum absolute atomic E-state index is 0.0883. The number of carboxylic acids is 1. The Bertz CT molecular complexity index is 608. The van der Waals surface area contributed by atoms with Crippen molar-refractivity contribution in [3.8, 4) is 0 Å². The van der Waals surface area contributed by atoms with Gasteiger partial charge in [-0.25, -0.2) is 9.18 Å². The van der Waals surface area contributed by atoms with Crippen LogP contribution in [-0.4, -0.2) is 60.1 Å². The summed E-state index contributed by atoms with van der Waals surface area (Å²) in [6.45, 7) is 0.804. The molecule has 130 valence electrons. The first-order valence-electron chi connectivity index (χ1n) is 7.46. The van der Waals surface area contributed by atoms with E-state index in [9.17, 15) is 18.8 Å². The monoisotopic (exact) mass is 338 g/mol. The number of benzene rings is 1. The van der Waals surface area contributed by atoms with Crippen LogP contribution >= 0.6 is 0 Å². The lowest BCUT2D eigenvalue weighted by Gasteiger charge is -2.16. The van der Waals surface area contributed by atoms with Gasteiger partial charge < -0.3 is 21.1 Å². The predicted octanol–water partition coefficient (Wildman–Crippen LogP) is 0.222. The topological polar surface area (TPSA) is 111 Å². The van der Waals surface area contributed by atoms with Crippen LogP contribution in [-0.2, 0) is 9.59 Å². The van der Waals surface area contributed by atoms with E-state index in [-0.39, 0.29) is 24.3 Å². The lowest BCUT2D eigenvalue weighted by atomic mass is 10.3. The van der Waals surface area contributed by atoms with E-state index in [0.717, 1.165) is 0 Å². The number of urea groups is 1. The van der Waals surface area contributed by atoms with Crippen molar-refractivity contribution in [2.24, 2.45) is 0 Å². The van der Waals surface area contributed by atoms with Crippen molar-refractivity contribution in [3.05, 3.63) is 30.1 Å². The highest BCUT2D eigenvalue weighted by atomic mass is 19.1. The maximum atomic E-state index is 12.8. The number of amides is 3. The van der Waals surface area contributed by atoms with Crippen molar-refractivity contribution in [2.45, 2.75) is 12.5 Å². The van der Waals surface area contributed by atoms with E-state index < -0.39 is 18.5 Å². The number of carbonyl (C=O) groups excluding carboxylic acids is 2. The summed E-state index contributed by atoms with van der Waals surface area (Å²) in [5, 5.41) is 16.2. The van der Waals surface area contributed by atoms with Crippen molar-refractivity contribution in [3.63, 3.8) is 0 Å². The Balaban J connectivity index is 1.71. The molecule has 0 radical (unpaired) electrons. The van der Waals surface area contributed by atoms with Crippen LogP contribution in [0, 0.1) is 5.82 Å². The fraction of sp³-hybridized carbons (Fsp3) is 0.400. The van der Waals surface area contributed by atoms with Gasteiger partial charge in [0.1, 0.15) is 12.4 Å². The summed E-state index contributed by atoms with van der Waals surface area (Å²) >= 11 is 0. The zero-order chi connectivity index (χ0) is 17.5. The van der Waals surface area contributed by atoms with Crippen molar-refractivity contribution in [2.75, 3.05) is 31.5 Å². The lowest BCUT2D eigenvalue weighted by Crippen LogP contribution is -2.42. The number of carboxylic acid groups (broad SMARTS) is 1. The number of aliphatic carboxylic acids is 1. The SMILES string of the molecule is O=C(O)CNC(=O)CN1CCC(NC(=O)Nc2ccc(F)cc2)C1. The zero-order valence-electron chi connectivity index (χ0n) is 12.9. The molecule has 1 heterocycles. The molecule has 0 aromatic heterocycles. The van der Waals surface area contributed by atoms with Gasteiger partial charge in [-0.05, 0) is 30.7 Å². The van der Waals surface area contributed by atoms with Gasteiger partial charge >= 0.3 is 12.0 Å². The van der Waals surface area contributed by atoms with Gasteiger partial charge in [0.05, 0.1) is 6.54 Å². The summed E-state index contributed by atoms with van der Waals surface area (Å²) in [4.78, 5) is 35.6. The van der Waals surface area contributed by atoms with E-state index in [1.807, 2.05) is 4.90 Å². The lowest BCUT2D eigenvalue weighted by molar-refractivity contribution is -0.138. The number of rotatable bonds is 6. The van der Waals surface area contributed by atoms with Gasteiger partial charge in [-0.1, -0.05) is 0 Å². The fourth-order valence-corrected chi connectivity index (χ4v) is 2.41. The molecule has 1 saturated heterocycles. The number of likely N-dealkylation sites (tertiary alicyclic amines) is 1. The molecule has 8 nitrogen and oxygen atoms in total. The molecule has 1 fully saturated rings. The average molecular weight is 338 g/mol. The highest BCUT2D eigenvalue weighted by molar-refractivity contribution is 5.89. The number of halogens is 1. The van der Waals surface area contributed by atoms with E-state index in [1.54, 1.807) is 0 Å². The molecule has 0 saturated carbocycles. The van der Waals surface area contributed by atoms with E-state index >= 15 is 0 Å². The molecule has 0 spiro atoms. The van der Waals surface area contributed by atoms with E-state index in [2.05, 4.69) is 16.0 Å². The molecule has 2 rings (SSSR count). The van der Waals surface area contributed by atoms with Crippen LogP contribution in [0.4, 0.5) is 14.9 Å². The van der Waals surface area contributed by atoms with Gasteiger partial charge in [0.15, 0.2) is 0 Å². The molecule has 4 N–H and O–H groups in total. The van der Waals surface area contributed by atoms with Crippen LogP contribution < -0.4 is 16.0 Å². The molecular weight excluding hydrogens is 319 g/mol. The molecule has 1 aliphatic rings. The second kappa shape index (κ2) is 8.25. The molecular formula is C15H19FN4O4. The molecule has 9 heteroatoms. The maximum absolute atomic E-state index is 12.8. The highest BCUT2D eigenvalue weighted by Gasteiger charge is 2.25. The summed E-state index contributed by atoms with van der Waals surface area (Å²) < 4.78 is 12.8. The summed E-state index contributed by atoms with van der Waals surface area (Å²) in [7, 11) is 0. The molecule has 1 aromatic rings. The van der Waals surface area contributed by atoms with Crippen molar-refractivity contribution in [1.82, 2.24) is 15.5 Å². The van der Waals surface area contributed by atoms with Crippen LogP contribution in [0.2, 0.25) is 0 Å². The van der Waals surface area contributed by atoms with Crippen LogP contribution in [0.1, 0.15) is 6.42 Å².